The molecule has 0 aliphatic carbocycles. The summed E-state index contributed by atoms with van der Waals surface area (Å²) in [6.07, 6.45) is 1.33. The molecule has 1 aliphatic heterocycles. The minimum absolute atomic E-state index is 0.117. The highest BCUT2D eigenvalue weighted by Gasteiger charge is 2.39. The zero-order valence-corrected chi connectivity index (χ0v) is 13.4. The molecule has 7 heteroatoms. The molecule has 0 bridgehead atoms. The largest absolute Gasteiger partial charge is 0.458 e. The van der Waals surface area contributed by atoms with E-state index >= 15 is 0 Å². The van der Waals surface area contributed by atoms with Crippen molar-refractivity contribution >= 4 is 11.9 Å². The first kappa shape index (κ1) is 17.3. The molecule has 1 amide bonds. The lowest BCUT2D eigenvalue weighted by Gasteiger charge is -2.29. The molecule has 118 valence electrons. The van der Waals surface area contributed by atoms with Crippen molar-refractivity contribution in [2.45, 2.75) is 65.1 Å². The quantitative estimate of drug-likeness (QED) is 0.345. The molecule has 0 unspecified atom stereocenters. The van der Waals surface area contributed by atoms with Crippen LogP contribution in [0.3, 0.4) is 0 Å². The van der Waals surface area contributed by atoms with Crippen LogP contribution in [0.4, 0.5) is 0 Å². The van der Waals surface area contributed by atoms with E-state index in [1.165, 1.54) is 4.90 Å². The average Bonchev–Trinajstić information content (AvgIpc) is 2.81. The summed E-state index contributed by atoms with van der Waals surface area (Å²) in [5, 5.41) is 3.57. The van der Waals surface area contributed by atoms with Gasteiger partial charge in [-0.1, -0.05) is 19.0 Å². The Balaban J connectivity index is 2.87. The summed E-state index contributed by atoms with van der Waals surface area (Å²) < 4.78 is 5.37. The summed E-state index contributed by atoms with van der Waals surface area (Å²) in [5.41, 5.74) is 8.01. The molecule has 0 aromatic heterocycles. The van der Waals surface area contributed by atoms with Crippen molar-refractivity contribution in [2.75, 3.05) is 6.54 Å². The van der Waals surface area contributed by atoms with E-state index in [2.05, 4.69) is 10.0 Å². The third kappa shape index (κ3) is 4.63. The van der Waals surface area contributed by atoms with Crippen LogP contribution >= 0.6 is 0 Å². The fourth-order valence-corrected chi connectivity index (χ4v) is 2.34. The number of nitrogens with zero attached hydrogens (tertiary/aromatic N) is 4. The molecule has 0 aromatic carbocycles. The number of carbonyl (C=O) groups is 2. The van der Waals surface area contributed by atoms with Gasteiger partial charge >= 0.3 is 5.97 Å². The second-order valence-corrected chi connectivity index (χ2v) is 6.62. The van der Waals surface area contributed by atoms with Gasteiger partial charge in [-0.15, -0.1) is 0 Å². The number of ether oxygens (including phenoxy) is 1. The number of hydrogen-bond acceptors (Lipinski definition) is 4. The molecule has 0 saturated carbocycles. The number of likely N-dealkylation sites (tertiary alicyclic amines) is 1. The SMILES string of the molecule is CC(C)[C@H](N=[N+]=[N-])C(=O)N1CCC[C@H]1C(=O)OC(C)(C)C. The highest BCUT2D eigenvalue weighted by atomic mass is 16.6. The van der Waals surface area contributed by atoms with Crippen LogP contribution in [0.1, 0.15) is 47.5 Å². The van der Waals surface area contributed by atoms with Gasteiger partial charge in [-0.3, -0.25) is 4.79 Å². The van der Waals surface area contributed by atoms with Crippen molar-refractivity contribution in [2.24, 2.45) is 11.0 Å². The van der Waals surface area contributed by atoms with Gasteiger partial charge in [0.15, 0.2) is 0 Å². The van der Waals surface area contributed by atoms with Crippen LogP contribution in [0.15, 0.2) is 5.11 Å². The summed E-state index contributed by atoms with van der Waals surface area (Å²) in [6, 6.07) is -1.36. The maximum atomic E-state index is 12.5. The summed E-state index contributed by atoms with van der Waals surface area (Å²) >= 11 is 0. The van der Waals surface area contributed by atoms with Gasteiger partial charge < -0.3 is 9.64 Å². The first-order valence-corrected chi connectivity index (χ1v) is 7.25. The maximum Gasteiger partial charge on any atom is 0.329 e. The Morgan fingerprint density at radius 2 is 2.00 bits per heavy atom. The van der Waals surface area contributed by atoms with E-state index in [-0.39, 0.29) is 11.8 Å². The minimum Gasteiger partial charge on any atom is -0.458 e. The van der Waals surface area contributed by atoms with Crippen LogP contribution < -0.4 is 0 Å². The van der Waals surface area contributed by atoms with Crippen molar-refractivity contribution in [3.05, 3.63) is 10.4 Å². The lowest BCUT2D eigenvalue weighted by molar-refractivity contribution is -0.163. The molecule has 0 N–H and O–H groups in total. The molecule has 1 aliphatic rings. The van der Waals surface area contributed by atoms with Crippen molar-refractivity contribution in [3.63, 3.8) is 0 Å². The van der Waals surface area contributed by atoms with E-state index in [0.717, 1.165) is 6.42 Å². The zero-order chi connectivity index (χ0) is 16.2. The Bertz CT molecular complexity index is 450. The predicted molar refractivity (Wildman–Crippen MR) is 78.4 cm³/mol. The van der Waals surface area contributed by atoms with E-state index in [0.29, 0.717) is 13.0 Å². The van der Waals surface area contributed by atoms with Crippen LogP contribution in [0.5, 0.6) is 0 Å². The van der Waals surface area contributed by atoms with Crippen molar-refractivity contribution < 1.29 is 14.3 Å². The average molecular weight is 296 g/mol. The van der Waals surface area contributed by atoms with Crippen molar-refractivity contribution in [1.82, 2.24) is 4.90 Å². The first-order valence-electron chi connectivity index (χ1n) is 7.25. The molecular formula is C14H24N4O3. The lowest BCUT2D eigenvalue weighted by atomic mass is 10.0. The molecule has 1 heterocycles. The van der Waals surface area contributed by atoms with Crippen LogP contribution in [0, 0.1) is 5.92 Å². The Kier molecular flexibility index (Phi) is 5.61. The highest BCUT2D eigenvalue weighted by Crippen LogP contribution is 2.24. The molecule has 1 saturated heterocycles. The third-order valence-electron chi connectivity index (χ3n) is 3.28. The van der Waals surface area contributed by atoms with Crippen molar-refractivity contribution in [1.29, 1.82) is 0 Å². The molecule has 0 radical (unpaired) electrons. The Morgan fingerprint density at radius 1 is 1.38 bits per heavy atom. The summed E-state index contributed by atoms with van der Waals surface area (Å²) in [6.45, 7) is 9.51. The fourth-order valence-electron chi connectivity index (χ4n) is 2.34. The topological polar surface area (TPSA) is 95.4 Å². The van der Waals surface area contributed by atoms with E-state index in [1.54, 1.807) is 20.8 Å². The molecule has 1 fully saturated rings. The van der Waals surface area contributed by atoms with Crippen LogP contribution in [0.25, 0.3) is 10.4 Å². The first-order chi connectivity index (χ1) is 9.67. The summed E-state index contributed by atoms with van der Waals surface area (Å²) in [5.74, 6) is -0.804. The number of azide groups is 1. The van der Waals surface area contributed by atoms with E-state index in [1.807, 2.05) is 13.8 Å². The number of carbonyl (C=O) groups excluding carboxylic acids is 2. The van der Waals surface area contributed by atoms with Gasteiger partial charge in [0.1, 0.15) is 17.7 Å². The standard InChI is InChI=1S/C14H24N4O3/c1-9(2)11(16-17-15)12(19)18-8-6-7-10(18)13(20)21-14(3,4)5/h9-11H,6-8H2,1-5H3/t10-,11-/m0/s1. The van der Waals surface area contributed by atoms with Gasteiger partial charge in [0.2, 0.25) is 5.91 Å². The van der Waals surface area contributed by atoms with Crippen LogP contribution in [0.2, 0.25) is 0 Å². The predicted octanol–water partition coefficient (Wildman–Crippen LogP) is 2.65. The lowest BCUT2D eigenvalue weighted by Crippen LogP contribution is -2.48. The van der Waals surface area contributed by atoms with Gasteiger partial charge in [-0.2, -0.15) is 0 Å². The molecule has 0 spiro atoms. The second-order valence-electron chi connectivity index (χ2n) is 6.62. The number of esters is 1. The number of rotatable bonds is 4. The molecule has 0 aromatic rings. The smallest absolute Gasteiger partial charge is 0.329 e. The van der Waals surface area contributed by atoms with E-state index < -0.39 is 23.7 Å². The van der Waals surface area contributed by atoms with Gasteiger partial charge in [0, 0.05) is 11.5 Å². The Labute approximate surface area is 125 Å². The molecule has 2 atom stereocenters. The molecular weight excluding hydrogens is 272 g/mol. The second kappa shape index (κ2) is 6.80. The highest BCUT2D eigenvalue weighted by molar-refractivity contribution is 5.88. The van der Waals surface area contributed by atoms with E-state index in [9.17, 15) is 9.59 Å². The van der Waals surface area contributed by atoms with Gasteiger partial charge in [-0.05, 0) is 45.1 Å². The summed E-state index contributed by atoms with van der Waals surface area (Å²) in [7, 11) is 0. The third-order valence-corrected chi connectivity index (χ3v) is 3.28. The number of hydrogen-bond donors (Lipinski definition) is 0. The van der Waals surface area contributed by atoms with Gasteiger partial charge in [0.05, 0.1) is 0 Å². The van der Waals surface area contributed by atoms with Gasteiger partial charge in [0.25, 0.3) is 0 Å². The van der Waals surface area contributed by atoms with Crippen molar-refractivity contribution in [3.8, 4) is 0 Å². The van der Waals surface area contributed by atoms with Crippen LogP contribution in [-0.4, -0.2) is 41.0 Å². The van der Waals surface area contributed by atoms with Crippen LogP contribution in [-0.2, 0) is 14.3 Å². The monoisotopic (exact) mass is 296 g/mol. The molecule has 1 rings (SSSR count). The molecule has 21 heavy (non-hydrogen) atoms. The molecule has 7 nitrogen and oxygen atoms in total. The number of amides is 1. The minimum atomic E-state index is -0.780. The maximum absolute atomic E-state index is 12.5. The normalized spacial score (nSPS) is 20.1. The van der Waals surface area contributed by atoms with E-state index in [4.69, 9.17) is 10.3 Å². The zero-order valence-electron chi connectivity index (χ0n) is 13.4. The Morgan fingerprint density at radius 3 is 2.48 bits per heavy atom. The fraction of sp³-hybridized carbons (Fsp3) is 0.857. The summed E-state index contributed by atoms with van der Waals surface area (Å²) in [4.78, 5) is 29.0. The van der Waals surface area contributed by atoms with Gasteiger partial charge in [-0.25, -0.2) is 4.79 Å². The Hall–Kier alpha value is -1.75.